The molecule has 0 saturated carbocycles. The predicted octanol–water partition coefficient (Wildman–Crippen LogP) is 0.176. The van der Waals surface area contributed by atoms with Crippen LogP contribution in [0.4, 0.5) is 17.5 Å². The van der Waals surface area contributed by atoms with Gasteiger partial charge in [-0.05, 0) is 31.8 Å². The van der Waals surface area contributed by atoms with Gasteiger partial charge in [-0.15, -0.1) is 0 Å². The van der Waals surface area contributed by atoms with Gasteiger partial charge in [-0.25, -0.2) is 10.8 Å². The third kappa shape index (κ3) is 2.37. The van der Waals surface area contributed by atoms with Gasteiger partial charge in [0, 0.05) is 12.6 Å². The number of nitro groups is 1. The second kappa shape index (κ2) is 5.17. The van der Waals surface area contributed by atoms with Gasteiger partial charge in [0.25, 0.3) is 0 Å². The number of nitrogens with one attached hydrogen (secondary N) is 2. The highest BCUT2D eigenvalue weighted by molar-refractivity contribution is 5.57. The van der Waals surface area contributed by atoms with Crippen molar-refractivity contribution >= 4 is 17.5 Å². The first kappa shape index (κ1) is 13.0. The van der Waals surface area contributed by atoms with Crippen molar-refractivity contribution in [3.8, 4) is 0 Å². The Bertz CT molecular complexity index is 515. The third-order valence-corrected chi connectivity index (χ3v) is 4.07. The van der Waals surface area contributed by atoms with E-state index >= 15 is 0 Å². The average Bonchev–Trinajstić information content (AvgIpc) is 2.48. The molecule has 1 atom stereocenters. The number of hydrogen-bond donors (Lipinski definition) is 3. The maximum Gasteiger partial charge on any atom is 0.329 e. The number of nitrogen functional groups attached to an aromatic ring is 1. The Balaban J connectivity index is 1.83. The Morgan fingerprint density at radius 3 is 2.75 bits per heavy atom. The molecular formula is C11H17N7O2. The SMILES string of the molecule is NNc1ncc([N+](=O)[O-])c(NC2CN3CCC2CC3)n1. The Labute approximate surface area is 115 Å². The summed E-state index contributed by atoms with van der Waals surface area (Å²) < 4.78 is 0. The molecule has 1 aromatic heterocycles. The first-order valence-corrected chi connectivity index (χ1v) is 6.64. The van der Waals surface area contributed by atoms with Crippen LogP contribution < -0.4 is 16.6 Å². The van der Waals surface area contributed by atoms with E-state index in [-0.39, 0.29) is 23.5 Å². The highest BCUT2D eigenvalue weighted by Crippen LogP contribution is 2.31. The third-order valence-electron chi connectivity index (χ3n) is 4.07. The van der Waals surface area contributed by atoms with Crippen molar-refractivity contribution in [3.63, 3.8) is 0 Å². The molecule has 1 aromatic rings. The molecule has 3 fully saturated rings. The first-order chi connectivity index (χ1) is 9.67. The van der Waals surface area contributed by atoms with Crippen LogP contribution in [0.25, 0.3) is 0 Å². The number of nitrogens with two attached hydrogens (primary N) is 1. The summed E-state index contributed by atoms with van der Waals surface area (Å²) in [5.74, 6) is 6.20. The Hall–Kier alpha value is -2.00. The van der Waals surface area contributed by atoms with Gasteiger partial charge in [-0.1, -0.05) is 0 Å². The van der Waals surface area contributed by atoms with E-state index in [4.69, 9.17) is 5.84 Å². The molecule has 3 saturated heterocycles. The summed E-state index contributed by atoms with van der Waals surface area (Å²) in [6.07, 6.45) is 3.42. The smallest absolute Gasteiger partial charge is 0.329 e. The molecule has 20 heavy (non-hydrogen) atoms. The van der Waals surface area contributed by atoms with E-state index in [0.29, 0.717) is 5.92 Å². The van der Waals surface area contributed by atoms with E-state index in [2.05, 4.69) is 25.6 Å². The molecule has 0 amide bonds. The molecule has 0 spiro atoms. The van der Waals surface area contributed by atoms with Crippen molar-refractivity contribution < 1.29 is 4.92 Å². The Kier molecular flexibility index (Phi) is 3.36. The monoisotopic (exact) mass is 279 g/mol. The number of nitrogens with zero attached hydrogens (tertiary/aromatic N) is 4. The van der Waals surface area contributed by atoms with Crippen LogP contribution in [0.1, 0.15) is 12.8 Å². The largest absolute Gasteiger partial charge is 0.360 e. The van der Waals surface area contributed by atoms with Crippen LogP contribution in [0.3, 0.4) is 0 Å². The van der Waals surface area contributed by atoms with Gasteiger partial charge >= 0.3 is 5.69 Å². The minimum atomic E-state index is -0.482. The molecule has 0 aliphatic carbocycles. The van der Waals surface area contributed by atoms with Crippen molar-refractivity contribution in [1.82, 2.24) is 14.9 Å². The highest BCUT2D eigenvalue weighted by atomic mass is 16.6. The Morgan fingerprint density at radius 1 is 1.45 bits per heavy atom. The minimum Gasteiger partial charge on any atom is -0.360 e. The topological polar surface area (TPSA) is 122 Å². The molecule has 0 radical (unpaired) electrons. The molecule has 0 aromatic carbocycles. The van der Waals surface area contributed by atoms with Crippen molar-refractivity contribution in [2.24, 2.45) is 11.8 Å². The van der Waals surface area contributed by atoms with E-state index in [1.807, 2.05) is 0 Å². The van der Waals surface area contributed by atoms with E-state index in [1.54, 1.807) is 0 Å². The first-order valence-electron chi connectivity index (χ1n) is 6.64. The van der Waals surface area contributed by atoms with E-state index in [0.717, 1.165) is 32.5 Å². The molecule has 4 N–H and O–H groups in total. The predicted molar refractivity (Wildman–Crippen MR) is 73.1 cm³/mol. The molecule has 2 bridgehead atoms. The number of rotatable bonds is 4. The van der Waals surface area contributed by atoms with Gasteiger partial charge in [0.1, 0.15) is 6.20 Å². The van der Waals surface area contributed by atoms with Crippen molar-refractivity contribution in [1.29, 1.82) is 0 Å². The fraction of sp³-hybridized carbons (Fsp3) is 0.636. The standard InChI is InChI=1S/C11H17N7O2/c12-16-11-13-5-9(18(19)20)10(15-11)14-8-6-17-3-1-7(8)2-4-17/h5,7-8H,1-4,6,12H2,(H2,13,14,15,16). The van der Waals surface area contributed by atoms with Crippen LogP contribution in [0.2, 0.25) is 0 Å². The van der Waals surface area contributed by atoms with Crippen molar-refractivity contribution in [3.05, 3.63) is 16.3 Å². The summed E-state index contributed by atoms with van der Waals surface area (Å²) in [7, 11) is 0. The molecular weight excluding hydrogens is 262 g/mol. The minimum absolute atomic E-state index is 0.125. The maximum absolute atomic E-state index is 11.0. The van der Waals surface area contributed by atoms with Gasteiger partial charge < -0.3 is 10.2 Å². The second-order valence-corrected chi connectivity index (χ2v) is 5.22. The molecule has 4 rings (SSSR count). The van der Waals surface area contributed by atoms with Crippen LogP contribution in [0, 0.1) is 16.0 Å². The Morgan fingerprint density at radius 2 is 2.20 bits per heavy atom. The summed E-state index contributed by atoms with van der Waals surface area (Å²) in [4.78, 5) is 20.8. The lowest BCUT2D eigenvalue weighted by Gasteiger charge is -2.45. The summed E-state index contributed by atoms with van der Waals surface area (Å²) in [5, 5.41) is 14.3. The summed E-state index contributed by atoms with van der Waals surface area (Å²) in [6.45, 7) is 3.13. The summed E-state index contributed by atoms with van der Waals surface area (Å²) >= 11 is 0. The van der Waals surface area contributed by atoms with Gasteiger partial charge in [0.2, 0.25) is 11.8 Å². The summed E-state index contributed by atoms with van der Waals surface area (Å²) in [6, 6.07) is 0.191. The highest BCUT2D eigenvalue weighted by Gasteiger charge is 2.35. The van der Waals surface area contributed by atoms with Crippen LogP contribution in [0.5, 0.6) is 0 Å². The number of piperidine rings is 3. The molecule has 3 aliphatic heterocycles. The number of hydrogen-bond acceptors (Lipinski definition) is 8. The molecule has 9 heteroatoms. The number of hydrazine groups is 1. The van der Waals surface area contributed by atoms with Crippen LogP contribution in [-0.4, -0.2) is 45.5 Å². The lowest BCUT2D eigenvalue weighted by Crippen LogP contribution is -2.53. The van der Waals surface area contributed by atoms with Gasteiger partial charge in [0.15, 0.2) is 0 Å². The van der Waals surface area contributed by atoms with Crippen LogP contribution in [-0.2, 0) is 0 Å². The molecule has 108 valence electrons. The average molecular weight is 279 g/mol. The second-order valence-electron chi connectivity index (χ2n) is 5.22. The zero-order valence-corrected chi connectivity index (χ0v) is 11.0. The number of anilines is 2. The lowest BCUT2D eigenvalue weighted by molar-refractivity contribution is -0.384. The molecule has 3 aliphatic rings. The maximum atomic E-state index is 11.0. The van der Waals surface area contributed by atoms with Gasteiger partial charge in [0.05, 0.1) is 4.92 Å². The van der Waals surface area contributed by atoms with E-state index < -0.39 is 4.92 Å². The molecule has 4 heterocycles. The number of fused-ring (bicyclic) bond motifs is 3. The van der Waals surface area contributed by atoms with Crippen LogP contribution in [0.15, 0.2) is 6.20 Å². The van der Waals surface area contributed by atoms with Gasteiger partial charge in [-0.2, -0.15) is 4.98 Å². The van der Waals surface area contributed by atoms with E-state index in [9.17, 15) is 10.1 Å². The zero-order chi connectivity index (χ0) is 14.1. The van der Waals surface area contributed by atoms with Gasteiger partial charge in [-0.3, -0.25) is 15.5 Å². The van der Waals surface area contributed by atoms with E-state index in [1.165, 1.54) is 6.20 Å². The quantitative estimate of drug-likeness (QED) is 0.405. The fourth-order valence-corrected chi connectivity index (χ4v) is 2.99. The number of aromatic nitrogens is 2. The normalized spacial score (nSPS) is 28.1. The van der Waals surface area contributed by atoms with Crippen LogP contribution >= 0.6 is 0 Å². The summed E-state index contributed by atoms with van der Waals surface area (Å²) in [5.41, 5.74) is 2.18. The lowest BCUT2D eigenvalue weighted by atomic mass is 9.84. The zero-order valence-electron chi connectivity index (χ0n) is 11.0. The molecule has 9 nitrogen and oxygen atoms in total. The van der Waals surface area contributed by atoms with Crippen molar-refractivity contribution in [2.75, 3.05) is 30.4 Å². The van der Waals surface area contributed by atoms with Crippen molar-refractivity contribution in [2.45, 2.75) is 18.9 Å². The fourth-order valence-electron chi connectivity index (χ4n) is 2.99. The molecule has 1 unspecified atom stereocenters.